The van der Waals surface area contributed by atoms with Gasteiger partial charge in [0.15, 0.2) is 5.65 Å². The summed E-state index contributed by atoms with van der Waals surface area (Å²) in [7, 11) is 0. The van der Waals surface area contributed by atoms with Crippen molar-refractivity contribution in [1.82, 2.24) is 20.3 Å². The Balaban J connectivity index is 1.56. The van der Waals surface area contributed by atoms with E-state index in [1.54, 1.807) is 0 Å². The van der Waals surface area contributed by atoms with Crippen LogP contribution in [0.25, 0.3) is 22.1 Å². The number of carbonyl (C=O) groups is 1. The molecule has 0 fully saturated rings. The number of hydrogen-bond acceptors (Lipinski definition) is 4. The zero-order valence-corrected chi connectivity index (χ0v) is 15.1. The molecule has 26 heavy (non-hydrogen) atoms. The van der Waals surface area contributed by atoms with E-state index < -0.39 is 0 Å². The SMILES string of the molecule is CCC(CC)NC(=O)CCCOc1ccc2nc3[nH]c(=O)[nH]c3cc2c1. The Labute approximate surface area is 151 Å². The number of benzene rings is 1. The molecule has 0 aliphatic carbocycles. The number of hydrogen-bond donors (Lipinski definition) is 3. The van der Waals surface area contributed by atoms with Crippen LogP contribution in [0.1, 0.15) is 39.5 Å². The minimum absolute atomic E-state index is 0.0730. The minimum atomic E-state index is -0.272. The molecule has 0 bridgehead atoms. The molecule has 0 spiro atoms. The zero-order chi connectivity index (χ0) is 18.5. The summed E-state index contributed by atoms with van der Waals surface area (Å²) >= 11 is 0. The van der Waals surface area contributed by atoms with Gasteiger partial charge in [-0.2, -0.15) is 0 Å². The lowest BCUT2D eigenvalue weighted by atomic mass is 10.1. The summed E-state index contributed by atoms with van der Waals surface area (Å²) in [5, 5.41) is 3.91. The Hall–Kier alpha value is -2.83. The molecule has 7 heteroatoms. The molecule has 1 amide bonds. The molecule has 3 aromatic rings. The number of amides is 1. The summed E-state index contributed by atoms with van der Waals surface area (Å²) in [6.07, 6.45) is 3.01. The summed E-state index contributed by atoms with van der Waals surface area (Å²) in [5.41, 5.74) is 1.72. The highest BCUT2D eigenvalue weighted by Gasteiger charge is 2.08. The molecular formula is C19H24N4O3. The van der Waals surface area contributed by atoms with Gasteiger partial charge in [0.1, 0.15) is 5.75 Å². The van der Waals surface area contributed by atoms with Crippen molar-refractivity contribution < 1.29 is 9.53 Å². The topological polar surface area (TPSA) is 99.9 Å². The van der Waals surface area contributed by atoms with Crippen molar-refractivity contribution in [3.05, 3.63) is 34.7 Å². The molecule has 0 aliphatic heterocycles. The fourth-order valence-corrected chi connectivity index (χ4v) is 2.91. The second-order valence-corrected chi connectivity index (χ2v) is 6.35. The maximum atomic E-state index is 11.9. The van der Waals surface area contributed by atoms with Gasteiger partial charge in [0.2, 0.25) is 5.91 Å². The number of aromatic amines is 2. The van der Waals surface area contributed by atoms with E-state index in [-0.39, 0.29) is 17.6 Å². The third-order valence-corrected chi connectivity index (χ3v) is 4.43. The number of pyridine rings is 1. The Morgan fingerprint density at radius 1 is 1.23 bits per heavy atom. The number of rotatable bonds is 8. The van der Waals surface area contributed by atoms with E-state index in [2.05, 4.69) is 34.1 Å². The number of carbonyl (C=O) groups excluding carboxylic acids is 1. The molecule has 7 nitrogen and oxygen atoms in total. The van der Waals surface area contributed by atoms with E-state index in [0.29, 0.717) is 30.6 Å². The van der Waals surface area contributed by atoms with Crippen LogP contribution in [0, 0.1) is 0 Å². The van der Waals surface area contributed by atoms with Gasteiger partial charge in [-0.15, -0.1) is 0 Å². The van der Waals surface area contributed by atoms with Crippen molar-refractivity contribution in [1.29, 1.82) is 0 Å². The molecule has 138 valence electrons. The van der Waals surface area contributed by atoms with Gasteiger partial charge in [-0.1, -0.05) is 13.8 Å². The molecule has 0 radical (unpaired) electrons. The van der Waals surface area contributed by atoms with E-state index in [4.69, 9.17) is 4.74 Å². The van der Waals surface area contributed by atoms with Crippen molar-refractivity contribution in [3.8, 4) is 5.75 Å². The smallest absolute Gasteiger partial charge is 0.325 e. The van der Waals surface area contributed by atoms with Crippen molar-refractivity contribution in [2.45, 2.75) is 45.6 Å². The van der Waals surface area contributed by atoms with Crippen molar-refractivity contribution >= 4 is 28.0 Å². The number of fused-ring (bicyclic) bond motifs is 2. The highest BCUT2D eigenvalue weighted by Crippen LogP contribution is 2.22. The maximum Gasteiger partial charge on any atom is 0.325 e. The van der Waals surface area contributed by atoms with Gasteiger partial charge in [-0.3, -0.25) is 9.78 Å². The molecule has 2 aromatic heterocycles. The van der Waals surface area contributed by atoms with Gasteiger partial charge < -0.3 is 15.0 Å². The van der Waals surface area contributed by atoms with Crippen molar-refractivity contribution in [2.24, 2.45) is 0 Å². The van der Waals surface area contributed by atoms with Crippen LogP contribution in [0.3, 0.4) is 0 Å². The van der Waals surface area contributed by atoms with Gasteiger partial charge in [-0.05, 0) is 43.5 Å². The number of H-pyrrole nitrogens is 2. The second kappa shape index (κ2) is 8.03. The van der Waals surface area contributed by atoms with Gasteiger partial charge >= 0.3 is 5.69 Å². The van der Waals surface area contributed by atoms with Gasteiger partial charge in [0, 0.05) is 17.8 Å². The van der Waals surface area contributed by atoms with Gasteiger partial charge in [-0.25, -0.2) is 9.78 Å². The fraction of sp³-hybridized carbons (Fsp3) is 0.421. The van der Waals surface area contributed by atoms with Crippen molar-refractivity contribution in [2.75, 3.05) is 6.61 Å². The van der Waals surface area contributed by atoms with E-state index in [1.807, 2.05) is 24.3 Å². The first-order valence-corrected chi connectivity index (χ1v) is 9.04. The van der Waals surface area contributed by atoms with Crippen molar-refractivity contribution in [3.63, 3.8) is 0 Å². The molecule has 0 saturated heterocycles. The average Bonchev–Trinajstić information content (AvgIpc) is 2.99. The van der Waals surface area contributed by atoms with E-state index in [9.17, 15) is 9.59 Å². The first-order chi connectivity index (χ1) is 12.6. The third kappa shape index (κ3) is 4.22. The largest absolute Gasteiger partial charge is 0.494 e. The first-order valence-electron chi connectivity index (χ1n) is 9.04. The lowest BCUT2D eigenvalue weighted by molar-refractivity contribution is -0.122. The Morgan fingerprint density at radius 2 is 2.04 bits per heavy atom. The van der Waals surface area contributed by atoms with Crippen LogP contribution in [-0.4, -0.2) is 33.5 Å². The average molecular weight is 356 g/mol. The Bertz CT molecular complexity index is 956. The number of aromatic nitrogens is 3. The number of nitrogens with one attached hydrogen (secondary N) is 3. The number of imidazole rings is 1. The maximum absolute atomic E-state index is 11.9. The molecule has 0 atom stereocenters. The first kappa shape index (κ1) is 18.0. The fourth-order valence-electron chi connectivity index (χ4n) is 2.91. The molecular weight excluding hydrogens is 332 g/mol. The van der Waals surface area contributed by atoms with Crippen LogP contribution in [0.2, 0.25) is 0 Å². The van der Waals surface area contributed by atoms with Gasteiger partial charge in [0.25, 0.3) is 0 Å². The van der Waals surface area contributed by atoms with E-state index >= 15 is 0 Å². The molecule has 2 heterocycles. The zero-order valence-electron chi connectivity index (χ0n) is 15.1. The van der Waals surface area contributed by atoms with Crippen LogP contribution >= 0.6 is 0 Å². The monoisotopic (exact) mass is 356 g/mol. The highest BCUT2D eigenvalue weighted by molar-refractivity contribution is 5.89. The normalized spacial score (nSPS) is 11.3. The van der Waals surface area contributed by atoms with Crippen LogP contribution in [0.15, 0.2) is 29.1 Å². The van der Waals surface area contributed by atoms with Crippen LogP contribution < -0.4 is 15.7 Å². The van der Waals surface area contributed by atoms with Crippen LogP contribution in [-0.2, 0) is 4.79 Å². The summed E-state index contributed by atoms with van der Waals surface area (Å²) in [6, 6.07) is 7.71. The second-order valence-electron chi connectivity index (χ2n) is 6.35. The quantitative estimate of drug-likeness (QED) is 0.540. The predicted octanol–water partition coefficient (Wildman–Crippen LogP) is 2.87. The molecule has 1 aromatic carbocycles. The van der Waals surface area contributed by atoms with Crippen LogP contribution in [0.4, 0.5) is 0 Å². The molecule has 3 N–H and O–H groups in total. The third-order valence-electron chi connectivity index (χ3n) is 4.43. The number of nitrogens with zero attached hydrogens (tertiary/aromatic N) is 1. The lowest BCUT2D eigenvalue weighted by Crippen LogP contribution is -2.33. The highest BCUT2D eigenvalue weighted by atomic mass is 16.5. The standard InChI is InChI=1S/C19H24N4O3/c1-3-13(4-2)20-17(24)6-5-9-26-14-7-8-15-12(10-14)11-16-18(21-15)23-19(25)22-16/h7-8,10-11,13H,3-6,9H2,1-2H3,(H,20,24)(H2,21,22,23,25). The van der Waals surface area contributed by atoms with E-state index in [0.717, 1.165) is 29.5 Å². The molecule has 0 aliphatic rings. The Morgan fingerprint density at radius 3 is 2.81 bits per heavy atom. The minimum Gasteiger partial charge on any atom is -0.494 e. The van der Waals surface area contributed by atoms with Gasteiger partial charge in [0.05, 0.1) is 17.6 Å². The number of ether oxygens (including phenoxy) is 1. The van der Waals surface area contributed by atoms with E-state index in [1.165, 1.54) is 0 Å². The van der Waals surface area contributed by atoms with Crippen LogP contribution in [0.5, 0.6) is 5.75 Å². The molecule has 0 saturated carbocycles. The summed E-state index contributed by atoms with van der Waals surface area (Å²) < 4.78 is 5.75. The summed E-state index contributed by atoms with van der Waals surface area (Å²) in [5.74, 6) is 0.792. The lowest BCUT2D eigenvalue weighted by Gasteiger charge is -2.14. The summed E-state index contributed by atoms with van der Waals surface area (Å²) in [6.45, 7) is 4.62. The predicted molar refractivity (Wildman–Crippen MR) is 101 cm³/mol. The summed E-state index contributed by atoms with van der Waals surface area (Å²) in [4.78, 5) is 33.0. The Kier molecular flexibility index (Phi) is 5.55. The molecule has 3 rings (SSSR count). The molecule has 0 unspecified atom stereocenters.